The maximum absolute atomic E-state index is 15.6. The predicted molar refractivity (Wildman–Crippen MR) is 147 cm³/mol. The monoisotopic (exact) mass is 586 g/mol. The predicted octanol–water partition coefficient (Wildman–Crippen LogP) is 2.69. The van der Waals surface area contributed by atoms with E-state index in [4.69, 9.17) is 14.8 Å². The molecule has 1 aliphatic rings. The summed E-state index contributed by atoms with van der Waals surface area (Å²) in [5, 5.41) is 22.7. The topological polar surface area (TPSA) is 166 Å². The molecule has 2 aromatic rings. The van der Waals surface area contributed by atoms with Gasteiger partial charge in [-0.05, 0) is 38.8 Å². The number of carbonyl (C=O) groups is 1. The van der Waals surface area contributed by atoms with Crippen molar-refractivity contribution in [2.24, 2.45) is 11.3 Å². The molecule has 39 heavy (non-hydrogen) atoms. The maximum atomic E-state index is 15.6. The van der Waals surface area contributed by atoms with Crippen molar-refractivity contribution in [3.8, 4) is 0 Å². The molecule has 0 spiro atoms. The number of aliphatic hydroxyl groups excluding tert-OH is 2. The SMILES string of the molecule is CC(C)(CO)C(=O)SCCOP(=O)(NCc1ccccc1)OC[C@H]1C[C@@H](n2ccc(N)nc2=O)C(C)(F)[C@H]1O. The van der Waals surface area contributed by atoms with Crippen LogP contribution in [0.15, 0.2) is 47.4 Å². The third-order valence-corrected chi connectivity index (χ3v) is 9.44. The fourth-order valence-corrected chi connectivity index (χ4v) is 6.45. The van der Waals surface area contributed by atoms with E-state index in [2.05, 4.69) is 10.1 Å². The standard InChI is InChI=1S/C25H36FN4O7PS/c1-24(2,16-31)22(33)39-12-11-36-38(35,28-14-17-7-5-4-6-8-17)37-15-18-13-19(25(3,26)21(18)32)30-10-9-20(27)29-23(30)34/h4-10,18-19,21,31-32H,11-16H2,1-3H3,(H,28,35)(H2,27,29,34)/t18-,19-,21+,25?,38?/m1/s1. The van der Waals surface area contributed by atoms with Crippen LogP contribution in [-0.4, -0.2) is 62.2 Å². The van der Waals surface area contributed by atoms with Gasteiger partial charge in [-0.25, -0.2) is 18.8 Å². The molecule has 216 valence electrons. The first-order valence-corrected chi connectivity index (χ1v) is 15.0. The Balaban J connectivity index is 1.68. The number of nitrogens with one attached hydrogen (secondary N) is 1. The van der Waals surface area contributed by atoms with Crippen LogP contribution in [0.3, 0.4) is 0 Å². The van der Waals surface area contributed by atoms with Gasteiger partial charge in [-0.15, -0.1) is 0 Å². The highest BCUT2D eigenvalue weighted by Gasteiger charge is 2.54. The van der Waals surface area contributed by atoms with Gasteiger partial charge in [-0.2, -0.15) is 4.98 Å². The molecule has 0 saturated heterocycles. The fourth-order valence-electron chi connectivity index (χ4n) is 4.17. The normalized spacial score (nSPS) is 24.9. The molecule has 5 N–H and O–H groups in total. The molecule has 0 bridgehead atoms. The maximum Gasteiger partial charge on any atom is 0.405 e. The van der Waals surface area contributed by atoms with Crippen LogP contribution >= 0.6 is 19.5 Å². The molecule has 11 nitrogen and oxygen atoms in total. The molecule has 1 fully saturated rings. The number of nitrogens with two attached hydrogens (primary N) is 1. The summed E-state index contributed by atoms with van der Waals surface area (Å²) >= 11 is 0.942. The number of rotatable bonds is 13. The molecular weight excluding hydrogens is 550 g/mol. The number of nitrogen functional groups attached to an aromatic ring is 1. The molecule has 14 heteroatoms. The van der Waals surface area contributed by atoms with E-state index in [0.717, 1.165) is 21.9 Å². The van der Waals surface area contributed by atoms with Gasteiger partial charge in [0.1, 0.15) is 5.82 Å². The van der Waals surface area contributed by atoms with Gasteiger partial charge in [0.25, 0.3) is 0 Å². The van der Waals surface area contributed by atoms with Crippen molar-refractivity contribution < 1.29 is 33.0 Å². The lowest BCUT2D eigenvalue weighted by Crippen LogP contribution is -2.42. The van der Waals surface area contributed by atoms with Crippen LogP contribution in [0.4, 0.5) is 10.2 Å². The molecule has 0 amide bonds. The second-order valence-corrected chi connectivity index (χ2v) is 13.2. The molecule has 3 rings (SSSR count). The minimum Gasteiger partial charge on any atom is -0.395 e. The van der Waals surface area contributed by atoms with Crippen LogP contribution in [0.2, 0.25) is 0 Å². The highest BCUT2D eigenvalue weighted by Crippen LogP contribution is 2.49. The van der Waals surface area contributed by atoms with Crippen molar-refractivity contribution in [2.45, 2.75) is 51.6 Å². The quantitative estimate of drug-likeness (QED) is 0.201. The molecular formula is C25H36FN4O7PS. The molecule has 1 saturated carbocycles. The molecule has 1 aromatic carbocycles. The lowest BCUT2D eigenvalue weighted by molar-refractivity contribution is -0.119. The second kappa shape index (κ2) is 13.0. The first-order chi connectivity index (χ1) is 18.3. The molecule has 1 aromatic heterocycles. The molecule has 0 radical (unpaired) electrons. The van der Waals surface area contributed by atoms with Crippen molar-refractivity contribution in [2.75, 3.05) is 31.3 Å². The number of benzene rings is 1. The summed E-state index contributed by atoms with van der Waals surface area (Å²) in [5.41, 5.74) is 2.48. The minimum atomic E-state index is -3.98. The van der Waals surface area contributed by atoms with Crippen LogP contribution in [0.5, 0.6) is 0 Å². The largest absolute Gasteiger partial charge is 0.405 e. The van der Waals surface area contributed by atoms with E-state index >= 15 is 4.39 Å². The Kier molecular flexibility index (Phi) is 10.5. The number of halogens is 1. The van der Waals surface area contributed by atoms with E-state index < -0.39 is 42.6 Å². The third-order valence-electron chi connectivity index (χ3n) is 6.69. The zero-order valence-electron chi connectivity index (χ0n) is 22.2. The van der Waals surface area contributed by atoms with Gasteiger partial charge >= 0.3 is 13.4 Å². The van der Waals surface area contributed by atoms with Crippen molar-refractivity contribution in [1.29, 1.82) is 0 Å². The molecule has 1 aliphatic carbocycles. The summed E-state index contributed by atoms with van der Waals surface area (Å²) in [6.45, 7) is 3.83. The lowest BCUT2D eigenvalue weighted by Gasteiger charge is -2.27. The molecule has 5 atom stereocenters. The van der Waals surface area contributed by atoms with Gasteiger partial charge in [0.15, 0.2) is 10.8 Å². The van der Waals surface area contributed by atoms with Gasteiger partial charge in [0.2, 0.25) is 0 Å². The van der Waals surface area contributed by atoms with Gasteiger partial charge in [-0.1, -0.05) is 42.1 Å². The van der Waals surface area contributed by atoms with E-state index in [-0.39, 0.29) is 49.5 Å². The lowest BCUT2D eigenvalue weighted by atomic mass is 9.97. The molecule has 2 unspecified atom stereocenters. The number of hydrogen-bond acceptors (Lipinski definition) is 10. The summed E-state index contributed by atoms with van der Waals surface area (Å²) in [5.74, 6) is -0.657. The van der Waals surface area contributed by atoms with Crippen molar-refractivity contribution in [3.63, 3.8) is 0 Å². The number of hydrogen-bond donors (Lipinski definition) is 4. The van der Waals surface area contributed by atoms with Gasteiger partial charge < -0.3 is 15.9 Å². The summed E-state index contributed by atoms with van der Waals surface area (Å²) < 4.78 is 41.6. The summed E-state index contributed by atoms with van der Waals surface area (Å²) in [7, 11) is -3.98. The minimum absolute atomic E-state index is 0.00222. The average Bonchev–Trinajstić information content (AvgIpc) is 3.13. The first-order valence-electron chi connectivity index (χ1n) is 12.5. The van der Waals surface area contributed by atoms with Crippen LogP contribution in [-0.2, 0) is 25.0 Å². The number of aromatic nitrogens is 2. The van der Waals surface area contributed by atoms with E-state index in [1.54, 1.807) is 13.8 Å². The Bertz CT molecular complexity index is 1230. The summed E-state index contributed by atoms with van der Waals surface area (Å²) in [6.07, 6.45) is -0.183. The van der Waals surface area contributed by atoms with Gasteiger partial charge in [0, 0.05) is 24.4 Å². The van der Waals surface area contributed by atoms with Crippen LogP contribution in [0, 0.1) is 11.3 Å². The number of nitrogens with zero attached hydrogens (tertiary/aromatic N) is 2. The summed E-state index contributed by atoms with van der Waals surface area (Å²) in [4.78, 5) is 28.2. The summed E-state index contributed by atoms with van der Waals surface area (Å²) in [6, 6.07) is 9.44. The van der Waals surface area contributed by atoms with E-state index in [1.807, 2.05) is 30.3 Å². The van der Waals surface area contributed by atoms with Crippen molar-refractivity contribution >= 4 is 30.4 Å². The highest BCUT2D eigenvalue weighted by atomic mass is 32.2. The van der Waals surface area contributed by atoms with E-state index in [9.17, 15) is 24.4 Å². The molecule has 1 heterocycles. The number of alkyl halides is 1. The van der Waals surface area contributed by atoms with Gasteiger partial charge in [0.05, 0.1) is 37.4 Å². The van der Waals surface area contributed by atoms with E-state index in [0.29, 0.717) is 0 Å². The molecule has 0 aliphatic heterocycles. The fraction of sp³-hybridized carbons (Fsp3) is 0.560. The number of carbonyl (C=O) groups excluding carboxylic acids is 1. The van der Waals surface area contributed by atoms with Gasteiger partial charge in [-0.3, -0.25) is 18.4 Å². The Morgan fingerprint density at radius 2 is 2.03 bits per heavy atom. The smallest absolute Gasteiger partial charge is 0.395 e. The van der Waals surface area contributed by atoms with Crippen LogP contribution in [0.25, 0.3) is 0 Å². The number of anilines is 1. The Morgan fingerprint density at radius 1 is 1.33 bits per heavy atom. The second-order valence-electron chi connectivity index (χ2n) is 10.3. The van der Waals surface area contributed by atoms with Crippen LogP contribution < -0.4 is 16.5 Å². The third kappa shape index (κ3) is 7.97. The zero-order chi connectivity index (χ0) is 28.8. The highest BCUT2D eigenvalue weighted by molar-refractivity contribution is 8.13. The Hall–Kier alpha value is -2.12. The average molecular weight is 587 g/mol. The first kappa shape index (κ1) is 31.4. The van der Waals surface area contributed by atoms with Crippen molar-refractivity contribution in [3.05, 3.63) is 58.6 Å². The Labute approximate surface area is 230 Å². The Morgan fingerprint density at radius 3 is 2.67 bits per heavy atom. The van der Waals surface area contributed by atoms with Crippen LogP contribution in [0.1, 0.15) is 38.8 Å². The number of aliphatic hydroxyl groups is 2. The number of thioether (sulfide) groups is 1. The van der Waals surface area contributed by atoms with Crippen molar-refractivity contribution in [1.82, 2.24) is 14.6 Å². The zero-order valence-corrected chi connectivity index (χ0v) is 23.9. The van der Waals surface area contributed by atoms with E-state index in [1.165, 1.54) is 19.2 Å².